The Labute approximate surface area is 155 Å². The maximum absolute atomic E-state index is 13.0. The lowest BCUT2D eigenvalue weighted by Gasteiger charge is -2.38. The number of nitrogens with one attached hydrogen (secondary N) is 3. The Kier molecular flexibility index (Phi) is 4.69. The number of nitrogens with zero attached hydrogens (tertiary/aromatic N) is 1. The lowest BCUT2D eigenvalue weighted by atomic mass is 9.89. The first-order chi connectivity index (χ1) is 12.8. The summed E-state index contributed by atoms with van der Waals surface area (Å²) in [6, 6.07) is 4.39. The molecule has 2 aliphatic rings. The zero-order valence-corrected chi connectivity index (χ0v) is 15.0. The van der Waals surface area contributed by atoms with Gasteiger partial charge in [-0.2, -0.15) is 0 Å². The maximum Gasteiger partial charge on any atom is 0.315 e. The van der Waals surface area contributed by atoms with E-state index in [9.17, 15) is 24.0 Å². The molecule has 1 aromatic rings. The number of carbonyl (C=O) groups excluding carboxylic acids is 5. The standard InChI is InChI=1S/C18H20N4O5/c1-3-19-17(27)20-9-10-5-4-6-11-13(10)15(25)22(14(11)24)18(2)8-7-12(23)21-16(18)26/h4-6H,3,7-9H2,1-2H3,(H2,19,20,27)(H,21,23,26). The lowest BCUT2D eigenvalue weighted by Crippen LogP contribution is -2.62. The van der Waals surface area contributed by atoms with Crippen LogP contribution in [-0.4, -0.2) is 46.6 Å². The predicted octanol–water partition coefficient (Wildman–Crippen LogP) is 0.297. The van der Waals surface area contributed by atoms with Crippen LogP contribution < -0.4 is 16.0 Å². The molecule has 27 heavy (non-hydrogen) atoms. The summed E-state index contributed by atoms with van der Waals surface area (Å²) in [6.07, 6.45) is 0.108. The highest BCUT2D eigenvalue weighted by molar-refractivity contribution is 6.24. The second kappa shape index (κ2) is 6.82. The van der Waals surface area contributed by atoms with Crippen molar-refractivity contribution in [1.29, 1.82) is 0 Å². The summed E-state index contributed by atoms with van der Waals surface area (Å²) >= 11 is 0. The number of piperidine rings is 1. The van der Waals surface area contributed by atoms with Gasteiger partial charge in [-0.15, -0.1) is 0 Å². The molecule has 0 spiro atoms. The van der Waals surface area contributed by atoms with Gasteiger partial charge in [0.1, 0.15) is 5.54 Å². The molecule has 9 heteroatoms. The average Bonchev–Trinajstić information content (AvgIpc) is 2.89. The molecule has 3 N–H and O–H groups in total. The van der Waals surface area contributed by atoms with Crippen LogP contribution in [0.15, 0.2) is 18.2 Å². The van der Waals surface area contributed by atoms with E-state index in [0.717, 1.165) is 4.90 Å². The zero-order valence-electron chi connectivity index (χ0n) is 15.0. The van der Waals surface area contributed by atoms with E-state index in [2.05, 4.69) is 16.0 Å². The third-order valence-electron chi connectivity index (χ3n) is 4.85. The van der Waals surface area contributed by atoms with E-state index in [1.54, 1.807) is 19.1 Å². The number of rotatable bonds is 4. The molecule has 6 amide bonds. The Morgan fingerprint density at radius 2 is 1.93 bits per heavy atom. The summed E-state index contributed by atoms with van der Waals surface area (Å²) < 4.78 is 0. The van der Waals surface area contributed by atoms with Crippen molar-refractivity contribution in [3.8, 4) is 0 Å². The molecule has 1 atom stereocenters. The summed E-state index contributed by atoms with van der Waals surface area (Å²) in [7, 11) is 0. The Balaban J connectivity index is 1.92. The van der Waals surface area contributed by atoms with Crippen LogP contribution in [0.2, 0.25) is 0 Å². The molecule has 2 heterocycles. The molecule has 1 unspecified atom stereocenters. The number of amides is 6. The van der Waals surface area contributed by atoms with Gasteiger partial charge in [0, 0.05) is 19.5 Å². The van der Waals surface area contributed by atoms with Crippen LogP contribution in [0.4, 0.5) is 4.79 Å². The molecular formula is C18H20N4O5. The third-order valence-corrected chi connectivity index (χ3v) is 4.85. The van der Waals surface area contributed by atoms with Gasteiger partial charge in [0.25, 0.3) is 17.7 Å². The molecule has 3 rings (SSSR count). The average molecular weight is 372 g/mol. The molecular weight excluding hydrogens is 352 g/mol. The summed E-state index contributed by atoms with van der Waals surface area (Å²) in [5.74, 6) is -2.28. The number of hydrogen-bond donors (Lipinski definition) is 3. The first kappa shape index (κ1) is 18.6. The minimum Gasteiger partial charge on any atom is -0.338 e. The van der Waals surface area contributed by atoms with Gasteiger partial charge >= 0.3 is 6.03 Å². The van der Waals surface area contributed by atoms with Crippen LogP contribution in [0, 0.1) is 0 Å². The quantitative estimate of drug-likeness (QED) is 0.656. The number of carbonyl (C=O) groups is 5. The summed E-state index contributed by atoms with van der Waals surface area (Å²) in [6.45, 7) is 3.77. The van der Waals surface area contributed by atoms with Gasteiger partial charge < -0.3 is 10.6 Å². The van der Waals surface area contributed by atoms with Crippen molar-refractivity contribution in [1.82, 2.24) is 20.9 Å². The highest BCUT2D eigenvalue weighted by Gasteiger charge is 2.53. The Hall–Kier alpha value is -3.23. The van der Waals surface area contributed by atoms with Crippen LogP contribution >= 0.6 is 0 Å². The Morgan fingerprint density at radius 1 is 1.19 bits per heavy atom. The second-order valence-electron chi connectivity index (χ2n) is 6.65. The molecule has 0 aliphatic carbocycles. The first-order valence-corrected chi connectivity index (χ1v) is 8.66. The van der Waals surface area contributed by atoms with Gasteiger partial charge in [-0.25, -0.2) is 4.79 Å². The predicted molar refractivity (Wildman–Crippen MR) is 93.6 cm³/mol. The number of hydrogen-bond acceptors (Lipinski definition) is 5. The number of imide groups is 2. The van der Waals surface area contributed by atoms with Crippen molar-refractivity contribution in [2.24, 2.45) is 0 Å². The SMILES string of the molecule is CCNC(=O)NCc1cccc2c1C(=O)N(C1(C)CCC(=O)NC1=O)C2=O. The smallest absolute Gasteiger partial charge is 0.315 e. The van der Waals surface area contributed by atoms with Crippen LogP contribution in [-0.2, 0) is 16.1 Å². The van der Waals surface area contributed by atoms with Gasteiger partial charge in [0.05, 0.1) is 11.1 Å². The van der Waals surface area contributed by atoms with Crippen molar-refractivity contribution in [2.45, 2.75) is 38.8 Å². The lowest BCUT2D eigenvalue weighted by molar-refractivity contribution is -0.140. The van der Waals surface area contributed by atoms with Crippen LogP contribution in [0.3, 0.4) is 0 Å². The molecule has 142 valence electrons. The van der Waals surface area contributed by atoms with Gasteiger partial charge in [0.2, 0.25) is 5.91 Å². The summed E-state index contributed by atoms with van der Waals surface area (Å²) in [4.78, 5) is 62.3. The van der Waals surface area contributed by atoms with Gasteiger partial charge in [-0.3, -0.25) is 29.4 Å². The van der Waals surface area contributed by atoms with Gasteiger partial charge in [-0.1, -0.05) is 12.1 Å². The van der Waals surface area contributed by atoms with Crippen molar-refractivity contribution in [3.05, 3.63) is 34.9 Å². The summed E-state index contributed by atoms with van der Waals surface area (Å²) in [5.41, 5.74) is -0.604. The van der Waals surface area contributed by atoms with Gasteiger partial charge in [-0.05, 0) is 31.9 Å². The Bertz CT molecular complexity index is 865. The monoisotopic (exact) mass is 372 g/mol. The zero-order chi connectivity index (χ0) is 19.8. The van der Waals surface area contributed by atoms with E-state index in [4.69, 9.17) is 0 Å². The minimum absolute atomic E-state index is 0.0429. The van der Waals surface area contributed by atoms with Crippen molar-refractivity contribution < 1.29 is 24.0 Å². The molecule has 1 saturated heterocycles. The third kappa shape index (κ3) is 3.05. The first-order valence-electron chi connectivity index (χ1n) is 8.66. The molecule has 1 fully saturated rings. The van der Waals surface area contributed by atoms with Crippen LogP contribution in [0.1, 0.15) is 53.0 Å². The molecule has 2 aliphatic heterocycles. The molecule has 0 aromatic heterocycles. The van der Waals surface area contributed by atoms with E-state index >= 15 is 0 Å². The van der Waals surface area contributed by atoms with E-state index in [1.165, 1.54) is 13.0 Å². The highest BCUT2D eigenvalue weighted by atomic mass is 16.2. The van der Waals surface area contributed by atoms with Crippen molar-refractivity contribution in [3.63, 3.8) is 0 Å². The van der Waals surface area contributed by atoms with Crippen molar-refractivity contribution in [2.75, 3.05) is 6.54 Å². The summed E-state index contributed by atoms with van der Waals surface area (Å²) in [5, 5.41) is 7.40. The largest absolute Gasteiger partial charge is 0.338 e. The van der Waals surface area contributed by atoms with E-state index in [-0.39, 0.29) is 36.5 Å². The number of urea groups is 1. The molecule has 1 aromatic carbocycles. The maximum atomic E-state index is 13.0. The fraction of sp³-hybridized carbons (Fsp3) is 0.389. The molecule has 0 radical (unpaired) electrons. The Morgan fingerprint density at radius 3 is 2.59 bits per heavy atom. The topological polar surface area (TPSA) is 125 Å². The van der Waals surface area contributed by atoms with E-state index in [0.29, 0.717) is 12.1 Å². The van der Waals surface area contributed by atoms with Crippen molar-refractivity contribution >= 4 is 29.7 Å². The minimum atomic E-state index is -1.44. The van der Waals surface area contributed by atoms with Crippen LogP contribution in [0.25, 0.3) is 0 Å². The normalized spacial score (nSPS) is 21.8. The molecule has 0 saturated carbocycles. The van der Waals surface area contributed by atoms with Gasteiger partial charge in [0.15, 0.2) is 0 Å². The van der Waals surface area contributed by atoms with Crippen LogP contribution in [0.5, 0.6) is 0 Å². The van der Waals surface area contributed by atoms with E-state index in [1.807, 2.05) is 0 Å². The fourth-order valence-electron chi connectivity index (χ4n) is 3.36. The molecule has 9 nitrogen and oxygen atoms in total. The number of fused-ring (bicyclic) bond motifs is 1. The van der Waals surface area contributed by atoms with E-state index < -0.39 is 29.2 Å². The fourth-order valence-corrected chi connectivity index (χ4v) is 3.36. The molecule has 0 bridgehead atoms. The highest BCUT2D eigenvalue weighted by Crippen LogP contribution is 2.35. The number of benzene rings is 1. The second-order valence-corrected chi connectivity index (χ2v) is 6.65.